The van der Waals surface area contributed by atoms with E-state index < -0.39 is 11.1 Å². The predicted molar refractivity (Wildman–Crippen MR) is 43.3 cm³/mol. The van der Waals surface area contributed by atoms with E-state index in [9.17, 15) is 18.0 Å². The van der Waals surface area contributed by atoms with Gasteiger partial charge in [0, 0.05) is 10.4 Å². The Morgan fingerprint density at radius 3 is 2.64 bits per heavy atom. The molecule has 0 N–H and O–H groups in total. The SMILES string of the molecule is O=C1COCc2sc(C(F)(F)F)cc21. The van der Waals surface area contributed by atoms with Crippen LogP contribution in [0.5, 0.6) is 0 Å². The van der Waals surface area contributed by atoms with Crippen LogP contribution in [0.2, 0.25) is 0 Å². The molecular weight excluding hydrogens is 217 g/mol. The fourth-order valence-electron chi connectivity index (χ4n) is 1.23. The molecule has 14 heavy (non-hydrogen) atoms. The summed E-state index contributed by atoms with van der Waals surface area (Å²) in [6.45, 7) is -0.0249. The standard InChI is InChI=1S/C8H5F3O2S/c9-8(10,11)7-1-4-5(12)2-13-3-6(4)14-7/h1H,2-3H2. The molecule has 0 aliphatic carbocycles. The van der Waals surface area contributed by atoms with Gasteiger partial charge >= 0.3 is 6.18 Å². The molecule has 0 fully saturated rings. The Kier molecular flexibility index (Phi) is 2.11. The molecule has 0 saturated heterocycles. The van der Waals surface area contributed by atoms with Gasteiger partial charge in [0.05, 0.1) is 6.61 Å². The first-order valence-electron chi connectivity index (χ1n) is 3.79. The summed E-state index contributed by atoms with van der Waals surface area (Å²) < 4.78 is 41.6. The molecule has 0 spiro atoms. The molecule has 1 aromatic heterocycles. The van der Waals surface area contributed by atoms with E-state index in [1.165, 1.54) is 0 Å². The van der Waals surface area contributed by atoms with E-state index in [-0.39, 0.29) is 24.6 Å². The third-order valence-corrected chi connectivity index (χ3v) is 3.01. The molecular formula is C8H5F3O2S. The molecule has 1 aliphatic rings. The molecule has 0 saturated carbocycles. The Labute approximate surface area is 81.3 Å². The fourth-order valence-corrected chi connectivity index (χ4v) is 2.21. The normalized spacial score (nSPS) is 16.9. The van der Waals surface area contributed by atoms with Crippen LogP contribution in [-0.4, -0.2) is 12.4 Å². The highest BCUT2D eigenvalue weighted by Crippen LogP contribution is 2.38. The first kappa shape index (κ1) is 9.67. The Morgan fingerprint density at radius 1 is 1.36 bits per heavy atom. The molecule has 0 amide bonds. The molecule has 6 heteroatoms. The summed E-state index contributed by atoms with van der Waals surface area (Å²) in [5.74, 6) is -0.377. The van der Waals surface area contributed by atoms with Crippen LogP contribution in [0.25, 0.3) is 0 Å². The van der Waals surface area contributed by atoms with Crippen LogP contribution in [0.1, 0.15) is 20.1 Å². The van der Waals surface area contributed by atoms with Crippen molar-refractivity contribution >= 4 is 17.1 Å². The van der Waals surface area contributed by atoms with Crippen molar-refractivity contribution in [1.29, 1.82) is 0 Å². The summed E-state index contributed by atoms with van der Waals surface area (Å²) in [6.07, 6.45) is -4.37. The lowest BCUT2D eigenvalue weighted by Crippen LogP contribution is -2.15. The molecule has 2 rings (SSSR count). The van der Waals surface area contributed by atoms with Crippen molar-refractivity contribution in [1.82, 2.24) is 0 Å². The van der Waals surface area contributed by atoms with Crippen molar-refractivity contribution < 1.29 is 22.7 Å². The van der Waals surface area contributed by atoms with Crippen LogP contribution >= 0.6 is 11.3 Å². The molecule has 1 aliphatic heterocycles. The number of hydrogen-bond acceptors (Lipinski definition) is 3. The molecule has 2 nitrogen and oxygen atoms in total. The van der Waals surface area contributed by atoms with Crippen LogP contribution in [0.15, 0.2) is 6.07 Å². The summed E-state index contributed by atoms with van der Waals surface area (Å²) in [7, 11) is 0. The molecule has 1 aromatic rings. The first-order valence-corrected chi connectivity index (χ1v) is 4.61. The smallest absolute Gasteiger partial charge is 0.368 e. The fraction of sp³-hybridized carbons (Fsp3) is 0.375. The summed E-state index contributed by atoms with van der Waals surface area (Å²) in [5, 5.41) is 0. The number of ketones is 1. The lowest BCUT2D eigenvalue weighted by molar-refractivity contribution is -0.134. The van der Waals surface area contributed by atoms with Gasteiger partial charge in [-0.1, -0.05) is 0 Å². The maximum atomic E-state index is 12.3. The van der Waals surface area contributed by atoms with Gasteiger partial charge in [0.25, 0.3) is 0 Å². The number of hydrogen-bond donors (Lipinski definition) is 0. The molecule has 76 valence electrons. The second-order valence-electron chi connectivity index (χ2n) is 2.86. The number of fused-ring (bicyclic) bond motifs is 1. The topological polar surface area (TPSA) is 26.3 Å². The Hall–Kier alpha value is -0.880. The monoisotopic (exact) mass is 222 g/mol. The van der Waals surface area contributed by atoms with Crippen molar-refractivity contribution in [2.75, 3.05) is 6.61 Å². The average molecular weight is 222 g/mol. The predicted octanol–water partition coefficient (Wildman–Crippen LogP) is 2.48. The lowest BCUT2D eigenvalue weighted by Gasteiger charge is -2.09. The number of alkyl halides is 3. The van der Waals surface area contributed by atoms with Gasteiger partial charge in [-0.15, -0.1) is 11.3 Å². The highest BCUT2D eigenvalue weighted by atomic mass is 32.1. The van der Waals surface area contributed by atoms with Crippen LogP contribution in [-0.2, 0) is 17.5 Å². The van der Waals surface area contributed by atoms with Gasteiger partial charge in [-0.25, -0.2) is 0 Å². The number of ether oxygens (including phenoxy) is 1. The van der Waals surface area contributed by atoms with E-state index >= 15 is 0 Å². The Balaban J connectivity index is 2.45. The van der Waals surface area contributed by atoms with E-state index in [0.717, 1.165) is 6.07 Å². The van der Waals surface area contributed by atoms with Gasteiger partial charge < -0.3 is 4.74 Å². The number of carbonyl (C=O) groups is 1. The van der Waals surface area contributed by atoms with E-state index in [1.54, 1.807) is 0 Å². The molecule has 0 bridgehead atoms. The minimum absolute atomic E-state index is 0.0990. The van der Waals surface area contributed by atoms with Gasteiger partial charge in [-0.05, 0) is 6.07 Å². The highest BCUT2D eigenvalue weighted by Gasteiger charge is 2.35. The highest BCUT2D eigenvalue weighted by molar-refractivity contribution is 7.12. The van der Waals surface area contributed by atoms with E-state index in [4.69, 9.17) is 4.74 Å². The number of thiophene rings is 1. The van der Waals surface area contributed by atoms with Crippen LogP contribution in [0.3, 0.4) is 0 Å². The summed E-state index contributed by atoms with van der Waals surface area (Å²) >= 11 is 0.575. The van der Waals surface area contributed by atoms with Crippen molar-refractivity contribution in [2.45, 2.75) is 12.8 Å². The maximum absolute atomic E-state index is 12.3. The quantitative estimate of drug-likeness (QED) is 0.674. The van der Waals surface area contributed by atoms with Crippen molar-refractivity contribution in [3.05, 3.63) is 21.4 Å². The number of Topliss-reactive ketones (excluding diaryl/α,β-unsaturated/α-hetero) is 1. The van der Waals surface area contributed by atoms with Crippen molar-refractivity contribution in [2.24, 2.45) is 0 Å². The molecule has 0 aromatic carbocycles. The van der Waals surface area contributed by atoms with Crippen molar-refractivity contribution in [3.8, 4) is 0 Å². The maximum Gasteiger partial charge on any atom is 0.425 e. The third-order valence-electron chi connectivity index (χ3n) is 1.86. The number of halogens is 3. The molecule has 2 heterocycles. The second kappa shape index (κ2) is 3.06. The van der Waals surface area contributed by atoms with Gasteiger partial charge in [-0.3, -0.25) is 4.79 Å². The zero-order valence-electron chi connectivity index (χ0n) is 6.85. The van der Waals surface area contributed by atoms with Crippen LogP contribution < -0.4 is 0 Å². The summed E-state index contributed by atoms with van der Waals surface area (Å²) in [5.41, 5.74) is 0.161. The van der Waals surface area contributed by atoms with Gasteiger partial charge in [0.1, 0.15) is 11.5 Å². The minimum Gasteiger partial charge on any atom is -0.368 e. The summed E-state index contributed by atoms with van der Waals surface area (Å²) in [4.78, 5) is 10.8. The molecule has 0 radical (unpaired) electrons. The Morgan fingerprint density at radius 2 is 2.07 bits per heavy atom. The average Bonchev–Trinajstić information content (AvgIpc) is 2.48. The first-order chi connectivity index (χ1) is 6.48. The Bertz CT molecular complexity index is 380. The van der Waals surface area contributed by atoms with Gasteiger partial charge in [-0.2, -0.15) is 13.2 Å². The van der Waals surface area contributed by atoms with E-state index in [0.29, 0.717) is 16.2 Å². The molecule has 0 atom stereocenters. The van der Waals surface area contributed by atoms with E-state index in [2.05, 4.69) is 0 Å². The number of carbonyl (C=O) groups excluding carboxylic acids is 1. The van der Waals surface area contributed by atoms with Crippen LogP contribution in [0, 0.1) is 0 Å². The number of rotatable bonds is 0. The lowest BCUT2D eigenvalue weighted by atomic mass is 10.1. The molecule has 0 unspecified atom stereocenters. The van der Waals surface area contributed by atoms with Gasteiger partial charge in [0.15, 0.2) is 5.78 Å². The van der Waals surface area contributed by atoms with Gasteiger partial charge in [0.2, 0.25) is 0 Å². The zero-order valence-corrected chi connectivity index (χ0v) is 7.67. The second-order valence-corrected chi connectivity index (χ2v) is 4.00. The van der Waals surface area contributed by atoms with Crippen LogP contribution in [0.4, 0.5) is 13.2 Å². The largest absolute Gasteiger partial charge is 0.425 e. The minimum atomic E-state index is -4.37. The summed E-state index contributed by atoms with van der Waals surface area (Å²) in [6, 6.07) is 0.908. The zero-order chi connectivity index (χ0) is 10.3. The van der Waals surface area contributed by atoms with Crippen molar-refractivity contribution in [3.63, 3.8) is 0 Å². The third kappa shape index (κ3) is 1.55. The van der Waals surface area contributed by atoms with E-state index in [1.807, 2.05) is 0 Å².